The highest BCUT2D eigenvalue weighted by Crippen LogP contribution is 2.35. The van der Waals surface area contributed by atoms with Crippen LogP contribution in [-0.4, -0.2) is 37.7 Å². The maximum atomic E-state index is 12.5. The van der Waals surface area contributed by atoms with Gasteiger partial charge in [0, 0.05) is 21.9 Å². The van der Waals surface area contributed by atoms with Crippen molar-refractivity contribution >= 4 is 33.5 Å². The van der Waals surface area contributed by atoms with Gasteiger partial charge in [0.05, 0.1) is 26.1 Å². The van der Waals surface area contributed by atoms with Crippen LogP contribution >= 0.6 is 0 Å². The topological polar surface area (TPSA) is 89.5 Å². The van der Waals surface area contributed by atoms with Crippen LogP contribution in [0.5, 0.6) is 23.0 Å². The summed E-state index contributed by atoms with van der Waals surface area (Å²) in [7, 11) is 0. The highest BCUT2D eigenvalue weighted by Gasteiger charge is 2.21. The number of aryl methyl sites for hydroxylation is 4. The van der Waals surface area contributed by atoms with Crippen molar-refractivity contribution in [1.82, 2.24) is 0 Å². The molecule has 6 aromatic carbocycles. The molecule has 2 atom stereocenters. The van der Waals surface area contributed by atoms with E-state index in [1.54, 1.807) is 13.8 Å². The first-order valence-corrected chi connectivity index (χ1v) is 19.4. The fourth-order valence-electron chi connectivity index (χ4n) is 6.81. The Morgan fingerprint density at radius 3 is 1.22 bits per heavy atom. The van der Waals surface area contributed by atoms with Crippen LogP contribution < -0.4 is 18.9 Å². The standard InChI is InChI=1S/C50H50O8/c1-31(2)49(51)57-45(55-43-21-13-17-37-15-9-11-19-41(37)43)23-25-53-47-33(5)27-39(28-34(47)6)40-29-35(7)48(36(8)30-40)54-26-24-46(58-50(52)32(3)4)56-44-22-14-18-38-16-10-12-20-42(38)44/h9-22,27-30,45-46H,1,3,23-26H2,2,4-8H3. The molecule has 8 heteroatoms. The van der Waals surface area contributed by atoms with Crippen LogP contribution in [0.3, 0.4) is 0 Å². The van der Waals surface area contributed by atoms with Crippen LogP contribution in [0.25, 0.3) is 32.7 Å². The number of hydrogen-bond acceptors (Lipinski definition) is 8. The molecule has 0 radical (unpaired) electrons. The van der Waals surface area contributed by atoms with E-state index < -0.39 is 24.5 Å². The number of ether oxygens (including phenoxy) is 6. The predicted molar refractivity (Wildman–Crippen MR) is 230 cm³/mol. The first-order chi connectivity index (χ1) is 27.9. The second-order valence-corrected chi connectivity index (χ2v) is 14.6. The molecule has 0 aliphatic rings. The molecule has 8 nitrogen and oxygen atoms in total. The second kappa shape index (κ2) is 18.6. The van der Waals surface area contributed by atoms with Crippen molar-refractivity contribution in [2.75, 3.05) is 13.2 Å². The van der Waals surface area contributed by atoms with Crippen molar-refractivity contribution in [2.24, 2.45) is 0 Å². The summed E-state index contributed by atoms with van der Waals surface area (Å²) in [6.45, 7) is 19.3. The summed E-state index contributed by atoms with van der Waals surface area (Å²) >= 11 is 0. The fraction of sp³-hybridized carbons (Fsp3) is 0.240. The monoisotopic (exact) mass is 778 g/mol. The average Bonchev–Trinajstić information content (AvgIpc) is 3.19. The van der Waals surface area contributed by atoms with Crippen LogP contribution in [0.1, 0.15) is 48.9 Å². The highest BCUT2D eigenvalue weighted by molar-refractivity contribution is 5.90. The van der Waals surface area contributed by atoms with Gasteiger partial charge in [-0.05, 0) is 122 Å². The normalized spacial score (nSPS) is 12.0. The van der Waals surface area contributed by atoms with Crippen molar-refractivity contribution < 1.29 is 38.0 Å². The van der Waals surface area contributed by atoms with Crippen molar-refractivity contribution in [1.29, 1.82) is 0 Å². The fourth-order valence-corrected chi connectivity index (χ4v) is 6.81. The zero-order valence-electron chi connectivity index (χ0n) is 34.1. The molecule has 58 heavy (non-hydrogen) atoms. The van der Waals surface area contributed by atoms with E-state index >= 15 is 0 Å². The van der Waals surface area contributed by atoms with Gasteiger partial charge < -0.3 is 28.4 Å². The number of benzene rings is 6. The van der Waals surface area contributed by atoms with Gasteiger partial charge in [-0.2, -0.15) is 0 Å². The lowest BCUT2D eigenvalue weighted by Gasteiger charge is -2.22. The Morgan fingerprint density at radius 2 is 0.862 bits per heavy atom. The molecule has 0 saturated carbocycles. The lowest BCUT2D eigenvalue weighted by atomic mass is 9.96. The molecule has 6 aromatic rings. The molecule has 0 amide bonds. The third-order valence-corrected chi connectivity index (χ3v) is 9.64. The quantitative estimate of drug-likeness (QED) is 0.0514. The molecule has 2 unspecified atom stereocenters. The first-order valence-electron chi connectivity index (χ1n) is 19.4. The summed E-state index contributed by atoms with van der Waals surface area (Å²) in [5.74, 6) is 1.72. The lowest BCUT2D eigenvalue weighted by molar-refractivity contribution is -0.161. The third-order valence-electron chi connectivity index (χ3n) is 9.64. The summed E-state index contributed by atoms with van der Waals surface area (Å²) in [6.07, 6.45) is -1.16. The first kappa shape index (κ1) is 41.1. The van der Waals surface area contributed by atoms with Gasteiger partial charge in [-0.1, -0.05) is 86.0 Å². The Hall–Kier alpha value is -6.54. The van der Waals surface area contributed by atoms with Crippen LogP contribution in [0.2, 0.25) is 0 Å². The van der Waals surface area contributed by atoms with Gasteiger partial charge in [-0.15, -0.1) is 0 Å². The molecule has 0 spiro atoms. The summed E-state index contributed by atoms with van der Waals surface area (Å²) in [4.78, 5) is 25.1. The summed E-state index contributed by atoms with van der Waals surface area (Å²) in [5, 5.41) is 3.89. The van der Waals surface area contributed by atoms with Gasteiger partial charge in [0.1, 0.15) is 23.0 Å². The van der Waals surface area contributed by atoms with Gasteiger partial charge in [0.2, 0.25) is 12.6 Å². The smallest absolute Gasteiger partial charge is 0.336 e. The van der Waals surface area contributed by atoms with E-state index in [0.29, 0.717) is 24.3 Å². The maximum absolute atomic E-state index is 12.5. The lowest BCUT2D eigenvalue weighted by Crippen LogP contribution is -2.27. The predicted octanol–water partition coefficient (Wildman–Crippen LogP) is 11.5. The second-order valence-electron chi connectivity index (χ2n) is 14.6. The molecule has 0 fully saturated rings. The minimum absolute atomic E-state index is 0.254. The Kier molecular flexibility index (Phi) is 13.2. The Morgan fingerprint density at radius 1 is 0.517 bits per heavy atom. The van der Waals surface area contributed by atoms with E-state index in [-0.39, 0.29) is 24.4 Å². The number of esters is 2. The maximum Gasteiger partial charge on any atom is 0.336 e. The minimum atomic E-state index is -0.879. The molecule has 0 aliphatic carbocycles. The van der Waals surface area contributed by atoms with Gasteiger partial charge in [0.15, 0.2) is 0 Å². The Labute approximate surface area is 340 Å². The Balaban J connectivity index is 1.11. The molecule has 0 bridgehead atoms. The van der Waals surface area contributed by atoms with Gasteiger partial charge in [-0.3, -0.25) is 0 Å². The molecule has 6 rings (SSSR count). The number of carbonyl (C=O) groups is 2. The summed E-state index contributed by atoms with van der Waals surface area (Å²) in [6, 6.07) is 35.8. The largest absolute Gasteiger partial charge is 0.493 e. The number of carbonyl (C=O) groups excluding carboxylic acids is 2. The molecular formula is C50H50O8. The van der Waals surface area contributed by atoms with Crippen LogP contribution in [0.15, 0.2) is 133 Å². The zero-order valence-corrected chi connectivity index (χ0v) is 34.1. The van der Waals surface area contributed by atoms with E-state index in [9.17, 15) is 9.59 Å². The number of rotatable bonds is 17. The van der Waals surface area contributed by atoms with E-state index in [2.05, 4.69) is 37.4 Å². The van der Waals surface area contributed by atoms with Crippen LogP contribution in [-0.2, 0) is 19.1 Å². The minimum Gasteiger partial charge on any atom is -0.493 e. The molecule has 0 aromatic heterocycles. The van der Waals surface area contributed by atoms with E-state index in [0.717, 1.165) is 66.4 Å². The van der Waals surface area contributed by atoms with E-state index in [1.807, 2.05) is 113 Å². The summed E-state index contributed by atoms with van der Waals surface area (Å²) in [5.41, 5.74) is 6.55. The molecule has 0 aliphatic heterocycles. The number of fused-ring (bicyclic) bond motifs is 2. The van der Waals surface area contributed by atoms with Crippen molar-refractivity contribution in [3.63, 3.8) is 0 Å². The van der Waals surface area contributed by atoms with E-state index in [1.165, 1.54) is 0 Å². The van der Waals surface area contributed by atoms with Crippen LogP contribution in [0, 0.1) is 27.7 Å². The zero-order chi connectivity index (χ0) is 41.3. The highest BCUT2D eigenvalue weighted by atomic mass is 16.7. The summed E-state index contributed by atoms with van der Waals surface area (Å²) < 4.78 is 36.5. The average molecular weight is 779 g/mol. The third kappa shape index (κ3) is 10.1. The molecular weight excluding hydrogens is 729 g/mol. The molecule has 0 heterocycles. The van der Waals surface area contributed by atoms with Crippen LogP contribution in [0.4, 0.5) is 0 Å². The van der Waals surface area contributed by atoms with Crippen molar-refractivity contribution in [2.45, 2.75) is 67.0 Å². The van der Waals surface area contributed by atoms with E-state index in [4.69, 9.17) is 28.4 Å². The SMILES string of the molecule is C=C(C)C(=O)OC(CCOc1c(C)cc(-c2cc(C)c(OCCC(OC(=O)C(=C)C)Oc3cccc4ccccc34)c(C)c2)cc1C)Oc1cccc2ccccc12. The van der Waals surface area contributed by atoms with Gasteiger partial charge in [-0.25, -0.2) is 9.59 Å². The van der Waals surface area contributed by atoms with Gasteiger partial charge >= 0.3 is 11.9 Å². The van der Waals surface area contributed by atoms with Crippen molar-refractivity contribution in [3.8, 4) is 34.1 Å². The molecule has 0 N–H and O–H groups in total. The van der Waals surface area contributed by atoms with Crippen molar-refractivity contribution in [3.05, 3.63) is 156 Å². The van der Waals surface area contributed by atoms with Gasteiger partial charge in [0.25, 0.3) is 0 Å². The molecule has 298 valence electrons. The Bertz CT molecular complexity index is 2250. The number of hydrogen-bond donors (Lipinski definition) is 0. The molecule has 0 saturated heterocycles.